The summed E-state index contributed by atoms with van der Waals surface area (Å²) in [5.41, 5.74) is 5.77. The summed E-state index contributed by atoms with van der Waals surface area (Å²) in [4.78, 5) is 0. The van der Waals surface area contributed by atoms with Crippen LogP contribution >= 0.6 is 0 Å². The van der Waals surface area contributed by atoms with E-state index < -0.39 is 0 Å². The first-order valence-electron chi connectivity index (χ1n) is 6.72. The number of benzene rings is 2. The molecule has 0 aliphatic carbocycles. The van der Waals surface area contributed by atoms with Crippen molar-refractivity contribution in [3.63, 3.8) is 0 Å². The Morgan fingerprint density at radius 3 is 2.17 bits per heavy atom. The molecule has 0 atom stereocenters. The Morgan fingerprint density at radius 2 is 1.56 bits per heavy atom. The summed E-state index contributed by atoms with van der Waals surface area (Å²) >= 11 is 0. The highest BCUT2D eigenvalue weighted by Gasteiger charge is 2.22. The minimum Gasteiger partial charge on any atom is -0.0646 e. The van der Waals surface area contributed by atoms with E-state index in [1.54, 1.807) is 0 Å². The molecule has 0 bridgehead atoms. The van der Waals surface area contributed by atoms with Crippen LogP contribution in [0.2, 0.25) is 0 Å². The van der Waals surface area contributed by atoms with Crippen molar-refractivity contribution in [1.29, 1.82) is 0 Å². The second-order valence-corrected chi connectivity index (χ2v) is 5.60. The molecule has 0 radical (unpaired) electrons. The Kier molecular flexibility index (Phi) is 3.56. The molecule has 0 nitrogen and oxygen atoms in total. The summed E-state index contributed by atoms with van der Waals surface area (Å²) in [6.07, 6.45) is 1.15. The largest absolute Gasteiger partial charge is 0.0646 e. The SMILES string of the molecule is CCC(C)(C)c1cccc(C)c1-c1ccccc1. The molecule has 2 rings (SSSR count). The van der Waals surface area contributed by atoms with E-state index in [1.807, 2.05) is 0 Å². The van der Waals surface area contributed by atoms with Gasteiger partial charge in [0.05, 0.1) is 0 Å². The van der Waals surface area contributed by atoms with Gasteiger partial charge in [0.2, 0.25) is 0 Å². The summed E-state index contributed by atoms with van der Waals surface area (Å²) in [5.74, 6) is 0. The zero-order valence-corrected chi connectivity index (χ0v) is 11.8. The van der Waals surface area contributed by atoms with E-state index in [9.17, 15) is 0 Å². The molecule has 18 heavy (non-hydrogen) atoms. The molecule has 0 fully saturated rings. The second kappa shape index (κ2) is 4.97. The molecule has 94 valence electrons. The summed E-state index contributed by atoms with van der Waals surface area (Å²) < 4.78 is 0. The molecular formula is C18H22. The van der Waals surface area contributed by atoms with Crippen LogP contribution < -0.4 is 0 Å². The van der Waals surface area contributed by atoms with Crippen LogP contribution in [0.15, 0.2) is 48.5 Å². The minimum absolute atomic E-state index is 0.219. The molecule has 0 saturated carbocycles. The summed E-state index contributed by atoms with van der Waals surface area (Å²) in [6.45, 7) is 9.12. The number of aryl methyl sites for hydroxylation is 1. The van der Waals surface area contributed by atoms with Crippen LogP contribution in [0.5, 0.6) is 0 Å². The van der Waals surface area contributed by atoms with E-state index in [0.29, 0.717) is 0 Å². The third-order valence-corrected chi connectivity index (χ3v) is 3.95. The molecule has 0 spiro atoms. The molecule has 0 heteroatoms. The van der Waals surface area contributed by atoms with E-state index >= 15 is 0 Å². The fourth-order valence-electron chi connectivity index (χ4n) is 2.41. The highest BCUT2D eigenvalue weighted by molar-refractivity contribution is 5.72. The lowest BCUT2D eigenvalue weighted by Crippen LogP contribution is -2.17. The Bertz CT molecular complexity index is 521. The highest BCUT2D eigenvalue weighted by atomic mass is 14.3. The fraction of sp³-hybridized carbons (Fsp3) is 0.333. The molecule has 0 saturated heterocycles. The van der Waals surface area contributed by atoms with Gasteiger partial charge in [0, 0.05) is 0 Å². The predicted molar refractivity (Wildman–Crippen MR) is 79.9 cm³/mol. The lowest BCUT2D eigenvalue weighted by molar-refractivity contribution is 0.507. The second-order valence-electron chi connectivity index (χ2n) is 5.60. The maximum Gasteiger partial charge on any atom is -0.00999 e. The Labute approximate surface area is 111 Å². The van der Waals surface area contributed by atoms with Crippen molar-refractivity contribution in [3.8, 4) is 11.1 Å². The van der Waals surface area contributed by atoms with Gasteiger partial charge in [-0.15, -0.1) is 0 Å². The molecule has 2 aromatic rings. The minimum atomic E-state index is 0.219. The van der Waals surface area contributed by atoms with Gasteiger partial charge < -0.3 is 0 Å². The van der Waals surface area contributed by atoms with Gasteiger partial charge in [0.1, 0.15) is 0 Å². The molecule has 0 amide bonds. The van der Waals surface area contributed by atoms with Crippen LogP contribution in [0.25, 0.3) is 11.1 Å². The quantitative estimate of drug-likeness (QED) is 0.676. The van der Waals surface area contributed by atoms with Gasteiger partial charge in [-0.2, -0.15) is 0 Å². The smallest absolute Gasteiger partial charge is 0.00999 e. The maximum atomic E-state index is 2.33. The van der Waals surface area contributed by atoms with Gasteiger partial charge in [-0.25, -0.2) is 0 Å². The van der Waals surface area contributed by atoms with Crippen molar-refractivity contribution in [2.45, 2.75) is 39.5 Å². The lowest BCUT2D eigenvalue weighted by atomic mass is 9.77. The fourth-order valence-corrected chi connectivity index (χ4v) is 2.41. The van der Waals surface area contributed by atoms with Crippen LogP contribution in [-0.4, -0.2) is 0 Å². The van der Waals surface area contributed by atoms with E-state index in [4.69, 9.17) is 0 Å². The van der Waals surface area contributed by atoms with E-state index in [-0.39, 0.29) is 5.41 Å². The number of rotatable bonds is 3. The first kappa shape index (κ1) is 12.9. The van der Waals surface area contributed by atoms with E-state index in [2.05, 4.69) is 76.2 Å². The van der Waals surface area contributed by atoms with Gasteiger partial charge in [-0.3, -0.25) is 0 Å². The molecule has 0 aliphatic rings. The average Bonchev–Trinajstić information content (AvgIpc) is 2.39. The molecule has 0 heterocycles. The van der Waals surface area contributed by atoms with Gasteiger partial charge in [0.15, 0.2) is 0 Å². The standard InChI is InChI=1S/C18H22/c1-5-18(3,4)16-13-9-10-14(2)17(16)15-11-7-6-8-12-15/h6-13H,5H2,1-4H3. The molecule has 0 aromatic heterocycles. The summed E-state index contributed by atoms with van der Waals surface area (Å²) in [7, 11) is 0. The molecule has 0 N–H and O–H groups in total. The first-order chi connectivity index (χ1) is 8.56. The average molecular weight is 238 g/mol. The molecule has 2 aromatic carbocycles. The Hall–Kier alpha value is -1.56. The van der Waals surface area contributed by atoms with Gasteiger partial charge >= 0.3 is 0 Å². The molecule has 0 aliphatic heterocycles. The maximum absolute atomic E-state index is 2.33. The third-order valence-electron chi connectivity index (χ3n) is 3.95. The van der Waals surface area contributed by atoms with Crippen molar-refractivity contribution in [2.24, 2.45) is 0 Å². The van der Waals surface area contributed by atoms with Gasteiger partial charge in [-0.05, 0) is 41.0 Å². The van der Waals surface area contributed by atoms with Crippen molar-refractivity contribution in [2.75, 3.05) is 0 Å². The summed E-state index contributed by atoms with van der Waals surface area (Å²) in [6, 6.07) is 17.4. The van der Waals surface area contributed by atoms with Crippen molar-refractivity contribution in [1.82, 2.24) is 0 Å². The van der Waals surface area contributed by atoms with Crippen LogP contribution in [0.3, 0.4) is 0 Å². The van der Waals surface area contributed by atoms with Crippen molar-refractivity contribution in [3.05, 3.63) is 59.7 Å². The van der Waals surface area contributed by atoms with Crippen LogP contribution in [-0.2, 0) is 5.41 Å². The zero-order valence-electron chi connectivity index (χ0n) is 11.8. The van der Waals surface area contributed by atoms with Crippen LogP contribution in [0.1, 0.15) is 38.3 Å². The molecular weight excluding hydrogens is 216 g/mol. The lowest BCUT2D eigenvalue weighted by Gasteiger charge is -2.27. The number of hydrogen-bond acceptors (Lipinski definition) is 0. The van der Waals surface area contributed by atoms with Crippen LogP contribution in [0.4, 0.5) is 0 Å². The van der Waals surface area contributed by atoms with Crippen molar-refractivity contribution >= 4 is 0 Å². The van der Waals surface area contributed by atoms with Gasteiger partial charge in [0.25, 0.3) is 0 Å². The van der Waals surface area contributed by atoms with E-state index in [0.717, 1.165) is 6.42 Å². The van der Waals surface area contributed by atoms with Crippen molar-refractivity contribution < 1.29 is 0 Å². The van der Waals surface area contributed by atoms with Crippen LogP contribution in [0, 0.1) is 6.92 Å². The molecule has 0 unspecified atom stereocenters. The Morgan fingerprint density at radius 1 is 0.889 bits per heavy atom. The predicted octanol–water partition coefficient (Wildman–Crippen LogP) is 5.35. The zero-order chi connectivity index (χ0) is 13.2. The third kappa shape index (κ3) is 2.33. The summed E-state index contributed by atoms with van der Waals surface area (Å²) in [5, 5.41) is 0. The topological polar surface area (TPSA) is 0 Å². The first-order valence-corrected chi connectivity index (χ1v) is 6.72. The highest BCUT2D eigenvalue weighted by Crippen LogP contribution is 2.37. The Balaban J connectivity index is 2.67. The number of hydrogen-bond donors (Lipinski definition) is 0. The normalized spacial score (nSPS) is 11.6. The monoisotopic (exact) mass is 238 g/mol. The van der Waals surface area contributed by atoms with E-state index in [1.165, 1.54) is 22.3 Å². The van der Waals surface area contributed by atoms with Gasteiger partial charge in [-0.1, -0.05) is 69.3 Å².